The van der Waals surface area contributed by atoms with Crippen molar-refractivity contribution in [3.63, 3.8) is 0 Å². The van der Waals surface area contributed by atoms with E-state index < -0.39 is 11.4 Å². The summed E-state index contributed by atoms with van der Waals surface area (Å²) in [5.74, 6) is -0.346. The lowest BCUT2D eigenvalue weighted by Crippen LogP contribution is -2.51. The Morgan fingerprint density at radius 3 is 3.05 bits per heavy atom. The molecule has 104 valence electrons. The fourth-order valence-electron chi connectivity index (χ4n) is 2.07. The minimum absolute atomic E-state index is 0.197. The van der Waals surface area contributed by atoms with Crippen molar-refractivity contribution in [1.82, 2.24) is 10.6 Å². The molecule has 0 aromatic rings. The fraction of sp³-hybridized carbons (Fsp3) is 0.538. The van der Waals surface area contributed by atoms with Crippen molar-refractivity contribution in [2.24, 2.45) is 11.7 Å². The van der Waals surface area contributed by atoms with E-state index in [2.05, 4.69) is 10.6 Å². The van der Waals surface area contributed by atoms with Gasteiger partial charge in [-0.3, -0.25) is 9.59 Å². The van der Waals surface area contributed by atoms with Gasteiger partial charge in [-0.1, -0.05) is 0 Å². The number of ether oxygens (including phenoxy) is 1. The molecule has 2 aliphatic rings. The topological polar surface area (TPSA) is 93.5 Å². The number of carbonyl (C=O) groups excluding carboxylic acids is 2. The van der Waals surface area contributed by atoms with Gasteiger partial charge in [0.2, 0.25) is 5.91 Å². The number of rotatable bonds is 4. The number of dihydropyridines is 1. The van der Waals surface area contributed by atoms with Crippen LogP contribution in [0.4, 0.5) is 0 Å². The minimum Gasteiger partial charge on any atom is -0.381 e. The van der Waals surface area contributed by atoms with Crippen LogP contribution in [0.1, 0.15) is 13.3 Å². The molecule has 0 bridgehead atoms. The van der Waals surface area contributed by atoms with Crippen LogP contribution in [0.2, 0.25) is 0 Å². The Hall–Kier alpha value is -1.82. The normalized spacial score (nSPS) is 29.5. The highest BCUT2D eigenvalue weighted by molar-refractivity contribution is 5.99. The molecular formula is C13H19N3O3. The summed E-state index contributed by atoms with van der Waals surface area (Å²) in [5.41, 5.74) is 4.74. The Morgan fingerprint density at radius 1 is 1.63 bits per heavy atom. The van der Waals surface area contributed by atoms with Crippen LogP contribution >= 0.6 is 0 Å². The Kier molecular flexibility index (Phi) is 3.90. The molecule has 0 aromatic carbocycles. The van der Waals surface area contributed by atoms with E-state index >= 15 is 0 Å². The average molecular weight is 265 g/mol. The van der Waals surface area contributed by atoms with E-state index in [0.717, 1.165) is 13.0 Å². The average Bonchev–Trinajstić information content (AvgIpc) is 2.89. The molecule has 2 atom stereocenters. The monoisotopic (exact) mass is 265 g/mol. The molecule has 2 aliphatic heterocycles. The number of nitrogens with two attached hydrogens (primary N) is 1. The Morgan fingerprint density at radius 2 is 2.42 bits per heavy atom. The molecule has 0 radical (unpaired) electrons. The third-order valence-electron chi connectivity index (χ3n) is 3.44. The maximum atomic E-state index is 12.0. The number of nitrogens with one attached hydrogen (secondary N) is 2. The Balaban J connectivity index is 1.96. The molecule has 19 heavy (non-hydrogen) atoms. The summed E-state index contributed by atoms with van der Waals surface area (Å²) in [7, 11) is 0. The van der Waals surface area contributed by atoms with Gasteiger partial charge >= 0.3 is 0 Å². The first-order chi connectivity index (χ1) is 9.01. The molecular weight excluding hydrogens is 246 g/mol. The molecule has 6 nitrogen and oxygen atoms in total. The molecule has 2 heterocycles. The standard InChI is InChI=1S/C13H19N3O3/c1-13(12(14)18)6-10(2-4-16-13)11(17)15-7-9-3-5-19-8-9/h2,4,6,9,16H,3,5,7-8H2,1H3,(H2,14,18)(H,15,17). The van der Waals surface area contributed by atoms with Gasteiger partial charge in [0.05, 0.1) is 6.61 Å². The summed E-state index contributed by atoms with van der Waals surface area (Å²) < 4.78 is 5.25. The lowest BCUT2D eigenvalue weighted by atomic mass is 9.95. The highest BCUT2D eigenvalue weighted by atomic mass is 16.5. The van der Waals surface area contributed by atoms with Crippen molar-refractivity contribution >= 4 is 11.8 Å². The van der Waals surface area contributed by atoms with Crippen LogP contribution in [0.25, 0.3) is 0 Å². The van der Waals surface area contributed by atoms with Crippen LogP contribution in [0.15, 0.2) is 23.9 Å². The lowest BCUT2D eigenvalue weighted by molar-refractivity contribution is -0.121. The third-order valence-corrected chi connectivity index (χ3v) is 3.44. The number of primary amides is 1. The first-order valence-electron chi connectivity index (χ1n) is 6.34. The third kappa shape index (κ3) is 3.14. The van der Waals surface area contributed by atoms with Crippen molar-refractivity contribution in [2.75, 3.05) is 19.8 Å². The van der Waals surface area contributed by atoms with Crippen LogP contribution in [-0.2, 0) is 14.3 Å². The fourth-order valence-corrected chi connectivity index (χ4v) is 2.07. The first-order valence-corrected chi connectivity index (χ1v) is 6.34. The van der Waals surface area contributed by atoms with E-state index in [4.69, 9.17) is 10.5 Å². The molecule has 2 amide bonds. The van der Waals surface area contributed by atoms with E-state index in [9.17, 15) is 9.59 Å². The second kappa shape index (κ2) is 5.44. The van der Waals surface area contributed by atoms with Crippen LogP contribution in [0.5, 0.6) is 0 Å². The summed E-state index contributed by atoms with van der Waals surface area (Å²) in [6.07, 6.45) is 5.72. The van der Waals surface area contributed by atoms with Crippen LogP contribution < -0.4 is 16.4 Å². The van der Waals surface area contributed by atoms with Gasteiger partial charge in [0.15, 0.2) is 0 Å². The van der Waals surface area contributed by atoms with Crippen molar-refractivity contribution in [3.8, 4) is 0 Å². The van der Waals surface area contributed by atoms with Gasteiger partial charge < -0.3 is 21.1 Å². The van der Waals surface area contributed by atoms with Gasteiger partial charge in [-0.05, 0) is 31.7 Å². The Bertz CT molecular complexity index is 438. The van der Waals surface area contributed by atoms with E-state index in [1.54, 1.807) is 25.3 Å². The molecule has 1 fully saturated rings. The lowest BCUT2D eigenvalue weighted by Gasteiger charge is -2.26. The second-order valence-corrected chi connectivity index (χ2v) is 5.08. The van der Waals surface area contributed by atoms with Gasteiger partial charge in [-0.2, -0.15) is 0 Å². The molecule has 4 N–H and O–H groups in total. The minimum atomic E-state index is -1.02. The molecule has 2 rings (SSSR count). The van der Waals surface area contributed by atoms with Crippen LogP contribution in [-0.4, -0.2) is 37.1 Å². The number of amides is 2. The zero-order valence-electron chi connectivity index (χ0n) is 10.9. The number of carbonyl (C=O) groups is 2. The van der Waals surface area contributed by atoms with Crippen molar-refractivity contribution in [2.45, 2.75) is 18.9 Å². The highest BCUT2D eigenvalue weighted by Gasteiger charge is 2.30. The SMILES string of the molecule is CC1(C(N)=O)C=C(C(=O)NCC2CCOC2)C=CN1. The molecule has 0 aliphatic carbocycles. The van der Waals surface area contributed by atoms with Crippen LogP contribution in [0.3, 0.4) is 0 Å². The van der Waals surface area contributed by atoms with Crippen molar-refractivity contribution in [3.05, 3.63) is 23.9 Å². The van der Waals surface area contributed by atoms with Gasteiger partial charge in [-0.25, -0.2) is 0 Å². The summed E-state index contributed by atoms with van der Waals surface area (Å²) in [6, 6.07) is 0. The molecule has 6 heteroatoms. The highest BCUT2D eigenvalue weighted by Crippen LogP contribution is 2.16. The van der Waals surface area contributed by atoms with Crippen molar-refractivity contribution in [1.29, 1.82) is 0 Å². The maximum absolute atomic E-state index is 12.0. The molecule has 0 spiro atoms. The van der Waals surface area contributed by atoms with E-state index in [1.807, 2.05) is 0 Å². The zero-order valence-corrected chi connectivity index (χ0v) is 10.9. The predicted molar refractivity (Wildman–Crippen MR) is 69.9 cm³/mol. The molecule has 1 saturated heterocycles. The number of hydrogen-bond acceptors (Lipinski definition) is 4. The van der Waals surface area contributed by atoms with Gasteiger partial charge in [0, 0.05) is 24.6 Å². The maximum Gasteiger partial charge on any atom is 0.251 e. The quantitative estimate of drug-likeness (QED) is 0.634. The van der Waals surface area contributed by atoms with Crippen molar-refractivity contribution < 1.29 is 14.3 Å². The summed E-state index contributed by atoms with van der Waals surface area (Å²) >= 11 is 0. The second-order valence-electron chi connectivity index (χ2n) is 5.08. The van der Waals surface area contributed by atoms with Gasteiger partial charge in [0.1, 0.15) is 5.54 Å². The van der Waals surface area contributed by atoms with Gasteiger partial charge in [-0.15, -0.1) is 0 Å². The predicted octanol–water partition coefficient (Wildman–Crippen LogP) is -0.574. The molecule has 0 aromatic heterocycles. The van der Waals surface area contributed by atoms with E-state index in [-0.39, 0.29) is 5.91 Å². The van der Waals surface area contributed by atoms with Crippen LogP contribution in [0, 0.1) is 5.92 Å². The smallest absolute Gasteiger partial charge is 0.251 e. The summed E-state index contributed by atoms with van der Waals surface area (Å²) in [4.78, 5) is 23.4. The number of hydrogen-bond donors (Lipinski definition) is 3. The largest absolute Gasteiger partial charge is 0.381 e. The molecule has 0 saturated carbocycles. The molecule has 2 unspecified atom stereocenters. The zero-order chi connectivity index (χ0) is 13.9. The summed E-state index contributed by atoms with van der Waals surface area (Å²) in [6.45, 7) is 3.67. The summed E-state index contributed by atoms with van der Waals surface area (Å²) in [5, 5.41) is 5.70. The first kappa shape index (κ1) is 13.6. The Labute approximate surface area is 112 Å². The van der Waals surface area contributed by atoms with E-state index in [1.165, 1.54) is 0 Å². The van der Waals surface area contributed by atoms with E-state index in [0.29, 0.717) is 24.6 Å². The van der Waals surface area contributed by atoms with Gasteiger partial charge in [0.25, 0.3) is 5.91 Å².